The van der Waals surface area contributed by atoms with Crippen molar-refractivity contribution in [1.29, 1.82) is 0 Å². The zero-order chi connectivity index (χ0) is 23.4. The minimum Gasteiger partial charge on any atom is -1.00 e. The molecule has 0 spiro atoms. The molecule has 0 aliphatic heterocycles. The Morgan fingerprint density at radius 2 is 1.76 bits per heavy atom. The zero-order valence-electron chi connectivity index (χ0n) is 19.4. The van der Waals surface area contributed by atoms with Crippen molar-refractivity contribution in [2.45, 2.75) is 19.4 Å². The van der Waals surface area contributed by atoms with Crippen LogP contribution in [0.1, 0.15) is 25.0 Å². The number of urea groups is 1. The van der Waals surface area contributed by atoms with E-state index in [1.54, 1.807) is 37.3 Å². The molecule has 1 atom stereocenters. The molecule has 2 aromatic heterocycles. The van der Waals surface area contributed by atoms with E-state index in [0.29, 0.717) is 16.8 Å². The van der Waals surface area contributed by atoms with E-state index in [9.17, 15) is 29.4 Å². The molecular weight excluding hydrogens is 439 g/mol. The Hall–Kier alpha value is -3.34. The van der Waals surface area contributed by atoms with Crippen LogP contribution in [0.15, 0.2) is 64.4 Å². The summed E-state index contributed by atoms with van der Waals surface area (Å²) in [6.07, 6.45) is 2.40. The van der Waals surface area contributed by atoms with E-state index in [2.05, 4.69) is 10.6 Å². The molecule has 2 amide bonds. The van der Waals surface area contributed by atoms with E-state index >= 15 is 0 Å². The molecule has 10 nitrogen and oxygen atoms in total. The van der Waals surface area contributed by atoms with Crippen molar-refractivity contribution in [2.24, 2.45) is 7.05 Å². The number of anilines is 1. The molecule has 0 fully saturated rings. The smallest absolute Gasteiger partial charge is 1.00 e. The summed E-state index contributed by atoms with van der Waals surface area (Å²) in [7, 11) is 1.47. The van der Waals surface area contributed by atoms with Gasteiger partial charge in [0.15, 0.2) is 5.69 Å². The molecule has 0 radical (unpaired) electrons. The molecule has 11 heteroatoms. The van der Waals surface area contributed by atoms with Crippen LogP contribution in [0, 0.1) is 6.92 Å². The van der Waals surface area contributed by atoms with Gasteiger partial charge < -0.3 is 26.8 Å². The summed E-state index contributed by atoms with van der Waals surface area (Å²) in [6.45, 7) is 1.57. The van der Waals surface area contributed by atoms with Crippen LogP contribution in [0.4, 0.5) is 10.5 Å². The number of carboxylic acids is 1. The van der Waals surface area contributed by atoms with Gasteiger partial charge in [0.25, 0.3) is 11.1 Å². The largest absolute Gasteiger partial charge is 1.00 e. The quantitative estimate of drug-likeness (QED) is 0.346. The van der Waals surface area contributed by atoms with Gasteiger partial charge in [-0.25, -0.2) is 4.79 Å². The van der Waals surface area contributed by atoms with Crippen molar-refractivity contribution in [3.05, 3.63) is 86.7 Å². The summed E-state index contributed by atoms with van der Waals surface area (Å²) in [5.74, 6) is -1.56. The van der Waals surface area contributed by atoms with Crippen LogP contribution in [0.25, 0.3) is 5.69 Å². The van der Waals surface area contributed by atoms with Gasteiger partial charge >= 0.3 is 41.6 Å². The molecule has 33 heavy (non-hydrogen) atoms. The van der Waals surface area contributed by atoms with Gasteiger partial charge in [-0.1, -0.05) is 18.2 Å². The summed E-state index contributed by atoms with van der Waals surface area (Å²) in [5, 5.41) is 24.3. The number of hydrogen-bond acceptors (Lipinski definition) is 5. The first-order valence-corrected chi connectivity index (χ1v) is 9.64. The fraction of sp³-hybridized carbons (Fsp3) is 0.182. The molecule has 0 saturated carbocycles. The van der Waals surface area contributed by atoms with Crippen LogP contribution in [-0.2, 0) is 11.8 Å². The number of carbonyl (C=O) groups is 2. The number of aryl methyl sites for hydroxylation is 2. The van der Waals surface area contributed by atoms with E-state index in [-0.39, 0.29) is 48.0 Å². The SMILES string of the molecule is Cc1cn(C)c(=O)c(NC(=O)NC(CC(=O)O)c2ccc(=O)n(-c3ccccc3)c2)c1O.[H-].[Na+]. The second kappa shape index (κ2) is 11.0. The minimum absolute atomic E-state index is 0. The summed E-state index contributed by atoms with van der Waals surface area (Å²) >= 11 is 0. The van der Waals surface area contributed by atoms with Gasteiger partial charge in [-0.2, -0.15) is 0 Å². The molecule has 168 valence electrons. The third-order valence-electron chi connectivity index (χ3n) is 4.83. The fourth-order valence-electron chi connectivity index (χ4n) is 3.23. The average molecular weight is 462 g/mol. The summed E-state index contributed by atoms with van der Waals surface area (Å²) < 4.78 is 2.54. The predicted octanol–water partition coefficient (Wildman–Crippen LogP) is -0.996. The predicted molar refractivity (Wildman–Crippen MR) is 118 cm³/mol. The van der Waals surface area contributed by atoms with Crippen LogP contribution in [0.5, 0.6) is 5.75 Å². The number of nitrogens with zero attached hydrogens (tertiary/aromatic N) is 2. The van der Waals surface area contributed by atoms with Gasteiger partial charge in [0.2, 0.25) is 0 Å². The van der Waals surface area contributed by atoms with Crippen LogP contribution in [0.2, 0.25) is 0 Å². The molecule has 3 aromatic rings. The number of carbonyl (C=O) groups excluding carboxylic acids is 1. The maximum Gasteiger partial charge on any atom is 1.00 e. The van der Waals surface area contributed by atoms with Crippen molar-refractivity contribution in [1.82, 2.24) is 14.5 Å². The zero-order valence-corrected chi connectivity index (χ0v) is 20.4. The number of aromatic hydroxyl groups is 1. The average Bonchev–Trinajstić information content (AvgIpc) is 2.75. The number of carboxylic acid groups (broad SMARTS) is 1. The Morgan fingerprint density at radius 3 is 2.39 bits per heavy atom. The number of hydrogen-bond donors (Lipinski definition) is 4. The van der Waals surface area contributed by atoms with Gasteiger partial charge in [-0.3, -0.25) is 19.0 Å². The minimum atomic E-state index is -1.18. The van der Waals surface area contributed by atoms with Crippen molar-refractivity contribution >= 4 is 17.7 Å². The Morgan fingerprint density at radius 1 is 1.09 bits per heavy atom. The molecule has 0 aliphatic rings. The maximum absolute atomic E-state index is 12.6. The van der Waals surface area contributed by atoms with Crippen LogP contribution in [0.3, 0.4) is 0 Å². The first-order chi connectivity index (χ1) is 15.2. The topological polar surface area (TPSA) is 143 Å². The number of amides is 2. The van der Waals surface area contributed by atoms with Gasteiger partial charge in [-0.15, -0.1) is 0 Å². The standard InChI is InChI=1S/C22H22N4O6.Na.H/c1-13-11-25(2)21(31)19(20(13)30)24-22(32)23-16(10-18(28)29)14-8-9-17(27)26(12-14)15-6-4-3-5-7-15;;/h3-9,11-12,16,30H,10H2,1-2H3,(H,28,29)(H2,23,24,32);;/q;+1;-1. The Balaban J connectivity index is 0.00000289. The van der Waals surface area contributed by atoms with Crippen molar-refractivity contribution in [3.8, 4) is 11.4 Å². The first kappa shape index (κ1) is 25.9. The number of rotatable bonds is 6. The monoisotopic (exact) mass is 462 g/mol. The van der Waals surface area contributed by atoms with Crippen molar-refractivity contribution in [3.63, 3.8) is 0 Å². The first-order valence-electron chi connectivity index (χ1n) is 9.64. The van der Waals surface area contributed by atoms with E-state index in [4.69, 9.17) is 0 Å². The number of nitrogens with one attached hydrogen (secondary N) is 2. The molecular formula is C22H23N4NaO6. The van der Waals surface area contributed by atoms with Gasteiger partial charge in [0, 0.05) is 36.8 Å². The molecule has 3 rings (SSSR count). The molecule has 0 saturated heterocycles. The van der Waals surface area contributed by atoms with Crippen LogP contribution >= 0.6 is 0 Å². The Kier molecular flexibility index (Phi) is 8.63. The number of para-hydroxylation sites is 1. The number of aliphatic carboxylic acids is 1. The molecule has 2 heterocycles. The molecule has 1 unspecified atom stereocenters. The van der Waals surface area contributed by atoms with Crippen LogP contribution < -0.4 is 51.3 Å². The van der Waals surface area contributed by atoms with Gasteiger partial charge in [-0.05, 0) is 30.7 Å². The van der Waals surface area contributed by atoms with E-state index < -0.39 is 30.0 Å². The fourth-order valence-corrected chi connectivity index (χ4v) is 3.23. The summed E-state index contributed by atoms with van der Waals surface area (Å²) in [4.78, 5) is 48.6. The van der Waals surface area contributed by atoms with Crippen molar-refractivity contribution < 1.29 is 50.8 Å². The number of benzene rings is 1. The normalized spacial score (nSPS) is 11.2. The van der Waals surface area contributed by atoms with E-state index in [1.807, 2.05) is 0 Å². The summed E-state index contributed by atoms with van der Waals surface area (Å²) in [5.41, 5.74) is 0.0356. The molecule has 0 aliphatic carbocycles. The number of aromatic nitrogens is 2. The van der Waals surface area contributed by atoms with E-state index in [1.165, 1.54) is 40.7 Å². The molecule has 1 aromatic carbocycles. The summed E-state index contributed by atoms with van der Waals surface area (Å²) in [6, 6.07) is 9.54. The Bertz CT molecular complexity index is 1290. The van der Waals surface area contributed by atoms with Crippen molar-refractivity contribution in [2.75, 3.05) is 5.32 Å². The maximum atomic E-state index is 12.6. The Labute approximate surface area is 212 Å². The second-order valence-corrected chi connectivity index (χ2v) is 7.21. The third-order valence-corrected chi connectivity index (χ3v) is 4.83. The third kappa shape index (κ3) is 6.13. The number of pyridine rings is 2. The molecule has 4 N–H and O–H groups in total. The van der Waals surface area contributed by atoms with Crippen LogP contribution in [-0.4, -0.2) is 31.3 Å². The molecule has 0 bridgehead atoms. The van der Waals surface area contributed by atoms with Gasteiger partial charge in [0.05, 0.1) is 12.5 Å². The van der Waals surface area contributed by atoms with Gasteiger partial charge in [0.1, 0.15) is 5.75 Å². The second-order valence-electron chi connectivity index (χ2n) is 7.21. The van der Waals surface area contributed by atoms with E-state index in [0.717, 1.165) is 0 Å².